The Labute approximate surface area is 123 Å². The number of nitrogen functional groups attached to an aromatic ring is 1. The van der Waals surface area contributed by atoms with Crippen LogP contribution < -0.4 is 16.6 Å². The van der Waals surface area contributed by atoms with Gasteiger partial charge in [0, 0.05) is 18.9 Å². The smallest absolute Gasteiger partial charge is 0.180 e. The number of aromatic nitrogens is 3. The monoisotopic (exact) mass is 290 g/mol. The predicted molar refractivity (Wildman–Crippen MR) is 81.9 cm³/mol. The minimum Gasteiger partial charge on any atom is -0.388 e. The van der Waals surface area contributed by atoms with Crippen LogP contribution in [0.3, 0.4) is 0 Å². The first-order valence-electron chi connectivity index (χ1n) is 7.36. The third-order valence-electron chi connectivity index (χ3n) is 4.17. The number of hydrogen-bond donors (Lipinski definition) is 4. The highest BCUT2D eigenvalue weighted by atomic mass is 16.3. The van der Waals surface area contributed by atoms with Crippen molar-refractivity contribution in [2.45, 2.75) is 38.2 Å². The van der Waals surface area contributed by atoms with Gasteiger partial charge in [-0.3, -0.25) is 0 Å². The molecular weight excluding hydrogens is 268 g/mol. The zero-order chi connectivity index (χ0) is 14.9. The molecule has 2 heterocycles. The summed E-state index contributed by atoms with van der Waals surface area (Å²) in [6, 6.07) is 0. The van der Waals surface area contributed by atoms with E-state index in [2.05, 4.69) is 27.6 Å². The molecule has 1 aliphatic rings. The van der Waals surface area contributed by atoms with Crippen molar-refractivity contribution in [1.29, 1.82) is 0 Å². The Bertz CT molecular complexity index is 627. The molecule has 0 spiro atoms. The van der Waals surface area contributed by atoms with E-state index in [0.717, 1.165) is 24.9 Å². The molecule has 1 fully saturated rings. The predicted octanol–water partition coefficient (Wildman–Crippen LogP) is 1.37. The van der Waals surface area contributed by atoms with E-state index in [1.807, 2.05) is 10.6 Å². The average Bonchev–Trinajstić information content (AvgIpc) is 2.92. The largest absolute Gasteiger partial charge is 0.388 e. The molecule has 114 valence electrons. The van der Waals surface area contributed by atoms with E-state index >= 15 is 0 Å². The molecule has 0 aliphatic heterocycles. The van der Waals surface area contributed by atoms with E-state index in [1.165, 1.54) is 6.42 Å². The van der Waals surface area contributed by atoms with Crippen LogP contribution in [-0.2, 0) is 0 Å². The molecule has 0 amide bonds. The Morgan fingerprint density at radius 2 is 2.43 bits per heavy atom. The zero-order valence-corrected chi connectivity index (χ0v) is 12.2. The van der Waals surface area contributed by atoms with Crippen molar-refractivity contribution >= 4 is 17.3 Å². The first kappa shape index (κ1) is 14.1. The highest BCUT2D eigenvalue weighted by Crippen LogP contribution is 2.32. The Balaban J connectivity index is 1.79. The minimum atomic E-state index is -0.672. The van der Waals surface area contributed by atoms with Crippen molar-refractivity contribution < 1.29 is 5.11 Å². The number of fused-ring (bicyclic) bond motifs is 1. The van der Waals surface area contributed by atoms with E-state index in [0.29, 0.717) is 24.1 Å². The lowest BCUT2D eigenvalue weighted by atomic mass is 9.79. The van der Waals surface area contributed by atoms with Crippen LogP contribution in [-0.4, -0.2) is 31.6 Å². The normalized spacial score (nSPS) is 26.0. The number of nitrogens with zero attached hydrogens (tertiary/aromatic N) is 3. The van der Waals surface area contributed by atoms with Crippen molar-refractivity contribution in [3.8, 4) is 0 Å². The van der Waals surface area contributed by atoms with Crippen molar-refractivity contribution in [2.75, 3.05) is 17.3 Å². The van der Waals surface area contributed by atoms with Crippen LogP contribution in [0.2, 0.25) is 0 Å². The van der Waals surface area contributed by atoms with Gasteiger partial charge in [-0.15, -0.1) is 0 Å². The van der Waals surface area contributed by atoms with Gasteiger partial charge < -0.3 is 20.2 Å². The fourth-order valence-electron chi connectivity index (χ4n) is 3.16. The van der Waals surface area contributed by atoms with Gasteiger partial charge in [0.2, 0.25) is 0 Å². The second-order valence-corrected chi connectivity index (χ2v) is 6.06. The third-order valence-corrected chi connectivity index (χ3v) is 4.17. The van der Waals surface area contributed by atoms with Gasteiger partial charge in [0.15, 0.2) is 17.3 Å². The molecule has 2 aromatic rings. The van der Waals surface area contributed by atoms with E-state index in [1.54, 1.807) is 12.4 Å². The number of rotatable bonds is 4. The Morgan fingerprint density at radius 1 is 1.57 bits per heavy atom. The van der Waals surface area contributed by atoms with Crippen LogP contribution in [0.5, 0.6) is 0 Å². The van der Waals surface area contributed by atoms with Gasteiger partial charge in [0.25, 0.3) is 0 Å². The van der Waals surface area contributed by atoms with E-state index in [-0.39, 0.29) is 0 Å². The number of hydrazine groups is 1. The molecule has 5 N–H and O–H groups in total. The molecule has 2 unspecified atom stereocenters. The molecule has 0 saturated heterocycles. The number of anilines is 2. The standard InChI is InChI=1S/C14H22N6O/c1-10-3-2-4-14(21,7-10)9-17-12-13-16-5-6-20(13)8-11(18-12)19-15/h5-6,8,10,19,21H,2-4,7,9,15H2,1H3,(H,17,18). The van der Waals surface area contributed by atoms with Crippen LogP contribution in [0.1, 0.15) is 32.6 Å². The Morgan fingerprint density at radius 3 is 3.19 bits per heavy atom. The molecular formula is C14H22N6O. The van der Waals surface area contributed by atoms with Gasteiger partial charge in [-0.05, 0) is 18.8 Å². The topological polar surface area (TPSA) is 100 Å². The molecule has 2 aromatic heterocycles. The molecule has 0 aromatic carbocycles. The Kier molecular flexibility index (Phi) is 3.69. The van der Waals surface area contributed by atoms with E-state index in [9.17, 15) is 5.11 Å². The highest BCUT2D eigenvalue weighted by Gasteiger charge is 2.32. The summed E-state index contributed by atoms with van der Waals surface area (Å²) < 4.78 is 1.85. The summed E-state index contributed by atoms with van der Waals surface area (Å²) in [6.07, 6.45) is 9.21. The highest BCUT2D eigenvalue weighted by molar-refractivity contribution is 5.65. The average molecular weight is 290 g/mol. The van der Waals surface area contributed by atoms with Gasteiger partial charge in [-0.1, -0.05) is 19.8 Å². The van der Waals surface area contributed by atoms with E-state index < -0.39 is 5.60 Å². The summed E-state index contributed by atoms with van der Waals surface area (Å²) in [5, 5.41) is 13.9. The molecule has 7 heteroatoms. The van der Waals surface area contributed by atoms with Gasteiger partial charge in [-0.2, -0.15) is 0 Å². The van der Waals surface area contributed by atoms with Crippen molar-refractivity contribution in [2.24, 2.45) is 11.8 Å². The number of aliphatic hydroxyl groups is 1. The molecule has 0 bridgehead atoms. The van der Waals surface area contributed by atoms with E-state index in [4.69, 9.17) is 5.84 Å². The van der Waals surface area contributed by atoms with Crippen molar-refractivity contribution in [3.05, 3.63) is 18.6 Å². The van der Waals surface area contributed by atoms with Crippen LogP contribution in [0, 0.1) is 5.92 Å². The molecule has 1 aliphatic carbocycles. The van der Waals surface area contributed by atoms with Crippen LogP contribution in [0.4, 0.5) is 11.6 Å². The third kappa shape index (κ3) is 2.93. The summed E-state index contributed by atoms with van der Waals surface area (Å²) in [4.78, 5) is 8.67. The maximum atomic E-state index is 10.7. The SMILES string of the molecule is CC1CCCC(O)(CNc2nc(NN)cn3ccnc23)C1. The summed E-state index contributed by atoms with van der Waals surface area (Å²) in [7, 11) is 0. The number of hydrogen-bond acceptors (Lipinski definition) is 6. The molecule has 2 atom stereocenters. The van der Waals surface area contributed by atoms with Gasteiger partial charge in [-0.25, -0.2) is 15.8 Å². The first-order chi connectivity index (χ1) is 10.1. The second kappa shape index (κ2) is 5.50. The zero-order valence-electron chi connectivity index (χ0n) is 12.2. The van der Waals surface area contributed by atoms with Crippen molar-refractivity contribution in [1.82, 2.24) is 14.4 Å². The Hall–Kier alpha value is -1.86. The lowest BCUT2D eigenvalue weighted by molar-refractivity contribution is -0.000806. The summed E-state index contributed by atoms with van der Waals surface area (Å²) in [5.74, 6) is 7.17. The van der Waals surface area contributed by atoms with Gasteiger partial charge in [0.1, 0.15) is 0 Å². The molecule has 3 rings (SSSR count). The van der Waals surface area contributed by atoms with Crippen LogP contribution in [0.15, 0.2) is 18.6 Å². The molecule has 1 saturated carbocycles. The van der Waals surface area contributed by atoms with Crippen LogP contribution >= 0.6 is 0 Å². The van der Waals surface area contributed by atoms with Gasteiger partial charge in [0.05, 0.1) is 11.8 Å². The minimum absolute atomic E-state index is 0.473. The van der Waals surface area contributed by atoms with Crippen LogP contribution in [0.25, 0.3) is 5.65 Å². The summed E-state index contributed by atoms with van der Waals surface area (Å²) in [5.41, 5.74) is 2.59. The first-order valence-corrected chi connectivity index (χ1v) is 7.36. The fraction of sp³-hybridized carbons (Fsp3) is 0.571. The second-order valence-electron chi connectivity index (χ2n) is 6.06. The van der Waals surface area contributed by atoms with Crippen molar-refractivity contribution in [3.63, 3.8) is 0 Å². The fourth-order valence-corrected chi connectivity index (χ4v) is 3.16. The molecule has 21 heavy (non-hydrogen) atoms. The maximum absolute atomic E-state index is 10.7. The maximum Gasteiger partial charge on any atom is 0.180 e. The number of imidazole rings is 1. The number of nitrogens with one attached hydrogen (secondary N) is 2. The lowest BCUT2D eigenvalue weighted by Crippen LogP contribution is -2.41. The molecule has 7 nitrogen and oxygen atoms in total. The van der Waals surface area contributed by atoms with Gasteiger partial charge >= 0.3 is 0 Å². The quantitative estimate of drug-likeness (QED) is 0.501. The lowest BCUT2D eigenvalue weighted by Gasteiger charge is -2.35. The summed E-state index contributed by atoms with van der Waals surface area (Å²) in [6.45, 7) is 2.66. The number of nitrogens with two attached hydrogens (primary N) is 1. The summed E-state index contributed by atoms with van der Waals surface area (Å²) >= 11 is 0. The molecule has 0 radical (unpaired) electrons.